The maximum atomic E-state index is 13.2. The van der Waals surface area contributed by atoms with Crippen LogP contribution >= 0.6 is 0 Å². The van der Waals surface area contributed by atoms with Crippen LogP contribution in [0.25, 0.3) is 0 Å². The number of amides is 1. The number of carbonyl (C=O) groups excluding carboxylic acids is 1. The molecule has 1 aliphatic heterocycles. The Morgan fingerprint density at radius 1 is 0.833 bits per heavy atom. The van der Waals surface area contributed by atoms with E-state index in [0.29, 0.717) is 6.54 Å². The van der Waals surface area contributed by atoms with Gasteiger partial charge in [-0.1, -0.05) is 86.3 Å². The first-order valence-corrected chi connectivity index (χ1v) is 13.2. The highest BCUT2D eigenvalue weighted by Crippen LogP contribution is 2.44. The average molecular weight is 504 g/mol. The van der Waals surface area contributed by atoms with Gasteiger partial charge in [-0.2, -0.15) is 13.2 Å². The summed E-state index contributed by atoms with van der Waals surface area (Å²) < 4.78 is 36.3. The number of hydrogen-bond acceptors (Lipinski definition) is 3. The first-order valence-electron chi connectivity index (χ1n) is 13.2. The Balaban J connectivity index is 1.44. The van der Waals surface area contributed by atoms with E-state index in [1.54, 1.807) is 0 Å². The van der Waals surface area contributed by atoms with Crippen molar-refractivity contribution in [1.29, 1.82) is 0 Å². The molecule has 198 valence electrons. The van der Waals surface area contributed by atoms with Gasteiger partial charge in [-0.25, -0.2) is 0 Å². The van der Waals surface area contributed by atoms with Gasteiger partial charge in [0.1, 0.15) is 5.41 Å². The summed E-state index contributed by atoms with van der Waals surface area (Å²) >= 11 is 0. The van der Waals surface area contributed by atoms with Crippen LogP contribution in [-0.4, -0.2) is 49.7 Å². The summed E-state index contributed by atoms with van der Waals surface area (Å²) in [7, 11) is 0. The molecule has 1 saturated heterocycles. The third kappa shape index (κ3) is 7.81. The maximum Gasteiger partial charge on any atom is 0.401 e. The molecule has 0 bridgehead atoms. The van der Waals surface area contributed by atoms with Crippen molar-refractivity contribution in [3.8, 4) is 0 Å². The van der Waals surface area contributed by atoms with E-state index in [0.717, 1.165) is 82.1 Å². The predicted molar refractivity (Wildman–Crippen MR) is 139 cm³/mol. The van der Waals surface area contributed by atoms with E-state index < -0.39 is 18.1 Å². The number of alkyl halides is 3. The number of nitrogens with two attached hydrogens (primary N) is 1. The number of nitrogens with zero attached hydrogens (tertiary/aromatic N) is 1. The van der Waals surface area contributed by atoms with E-state index in [4.69, 9.17) is 5.73 Å². The Kier molecular flexibility index (Phi) is 10.8. The van der Waals surface area contributed by atoms with E-state index in [1.165, 1.54) is 0 Å². The summed E-state index contributed by atoms with van der Waals surface area (Å²) in [5.41, 5.74) is 7.29. The second kappa shape index (κ2) is 13.8. The van der Waals surface area contributed by atoms with Crippen LogP contribution in [0.4, 0.5) is 13.2 Å². The fraction of sp³-hybridized carbons (Fsp3) is 0.552. The number of carbonyl (C=O) groups is 1. The highest BCUT2D eigenvalue weighted by atomic mass is 19.4. The van der Waals surface area contributed by atoms with Crippen molar-refractivity contribution in [3.63, 3.8) is 0 Å². The summed E-state index contributed by atoms with van der Waals surface area (Å²) in [4.78, 5) is 15.6. The van der Waals surface area contributed by atoms with Gasteiger partial charge in [-0.15, -0.1) is 0 Å². The molecule has 1 fully saturated rings. The van der Waals surface area contributed by atoms with Crippen molar-refractivity contribution in [2.24, 2.45) is 11.7 Å². The van der Waals surface area contributed by atoms with Gasteiger partial charge < -0.3 is 16.0 Å². The topological polar surface area (TPSA) is 58.4 Å². The van der Waals surface area contributed by atoms with E-state index in [9.17, 15) is 18.0 Å². The van der Waals surface area contributed by atoms with Crippen LogP contribution in [0.5, 0.6) is 0 Å². The number of benzene rings is 2. The number of unbranched alkanes of at least 4 members (excludes halogenated alkanes) is 5. The number of nitrogens with one attached hydrogen (secondary N) is 1. The standard InChI is InChI=1S/C29H40F3N3O/c30-28(31,32)23-34-19-11-3-1-2-4-12-20-35-21-17-26(18-22-35)29(27(33)36,24-13-7-5-8-14-24)25-15-9-6-10-16-25/h5-10,13-16,26,34H,1-4,11-12,17-23H2,(H2,33,36). The minimum atomic E-state index is -4.13. The molecule has 36 heavy (non-hydrogen) atoms. The summed E-state index contributed by atoms with van der Waals surface area (Å²) in [6.07, 6.45) is 3.88. The molecule has 0 saturated carbocycles. The third-order valence-corrected chi connectivity index (χ3v) is 7.45. The average Bonchev–Trinajstić information content (AvgIpc) is 2.87. The Labute approximate surface area is 213 Å². The van der Waals surface area contributed by atoms with Gasteiger partial charge in [-0.05, 0) is 68.9 Å². The second-order valence-electron chi connectivity index (χ2n) is 9.93. The molecular weight excluding hydrogens is 463 g/mol. The summed E-state index contributed by atoms with van der Waals surface area (Å²) in [6.45, 7) is 2.46. The molecule has 0 atom stereocenters. The van der Waals surface area contributed by atoms with Gasteiger partial charge in [0.05, 0.1) is 6.54 Å². The fourth-order valence-electron chi connectivity index (χ4n) is 5.64. The lowest BCUT2D eigenvalue weighted by Crippen LogP contribution is -2.51. The van der Waals surface area contributed by atoms with Crippen LogP contribution in [0.15, 0.2) is 60.7 Å². The number of hydrogen-bond donors (Lipinski definition) is 2. The van der Waals surface area contributed by atoms with Crippen LogP contribution in [0.3, 0.4) is 0 Å². The van der Waals surface area contributed by atoms with Gasteiger partial charge in [-0.3, -0.25) is 4.79 Å². The van der Waals surface area contributed by atoms with Crippen molar-refractivity contribution in [1.82, 2.24) is 10.2 Å². The zero-order valence-corrected chi connectivity index (χ0v) is 21.1. The molecule has 0 unspecified atom stereocenters. The largest absolute Gasteiger partial charge is 0.401 e. The van der Waals surface area contributed by atoms with Gasteiger partial charge in [0.25, 0.3) is 0 Å². The Hall–Kier alpha value is -2.38. The molecule has 7 heteroatoms. The molecule has 1 aliphatic rings. The number of piperidine rings is 1. The minimum absolute atomic E-state index is 0.141. The zero-order valence-electron chi connectivity index (χ0n) is 21.1. The summed E-state index contributed by atoms with van der Waals surface area (Å²) in [5.74, 6) is -0.144. The van der Waals surface area contributed by atoms with Gasteiger partial charge in [0, 0.05) is 0 Å². The minimum Gasteiger partial charge on any atom is -0.369 e. The van der Waals surface area contributed by atoms with Gasteiger partial charge in [0.15, 0.2) is 0 Å². The number of primary amides is 1. The molecule has 0 aliphatic carbocycles. The highest BCUT2D eigenvalue weighted by Gasteiger charge is 2.47. The Morgan fingerprint density at radius 3 is 1.83 bits per heavy atom. The van der Waals surface area contributed by atoms with E-state index in [1.807, 2.05) is 60.7 Å². The predicted octanol–water partition coefficient (Wildman–Crippen LogP) is 5.66. The Morgan fingerprint density at radius 2 is 1.33 bits per heavy atom. The lowest BCUT2D eigenvalue weighted by molar-refractivity contribution is -0.125. The monoisotopic (exact) mass is 503 g/mol. The van der Waals surface area contributed by atoms with E-state index in [2.05, 4.69) is 10.2 Å². The molecule has 2 aromatic rings. The molecule has 4 nitrogen and oxygen atoms in total. The van der Waals surface area contributed by atoms with Crippen LogP contribution in [-0.2, 0) is 10.2 Å². The lowest BCUT2D eigenvalue weighted by atomic mass is 9.62. The first kappa shape index (κ1) is 28.2. The maximum absolute atomic E-state index is 13.2. The summed E-state index contributed by atoms with van der Waals surface area (Å²) in [6, 6.07) is 19.9. The van der Waals surface area contributed by atoms with Crippen LogP contribution in [0, 0.1) is 5.92 Å². The molecule has 3 N–H and O–H groups in total. The molecule has 0 aromatic heterocycles. The third-order valence-electron chi connectivity index (χ3n) is 7.45. The normalized spacial score (nSPS) is 15.8. The van der Waals surface area contributed by atoms with Crippen molar-refractivity contribution in [2.45, 2.75) is 63.0 Å². The van der Waals surface area contributed by atoms with Crippen molar-refractivity contribution >= 4 is 5.91 Å². The number of rotatable bonds is 14. The van der Waals surface area contributed by atoms with Crippen LogP contribution in [0.2, 0.25) is 0 Å². The first-order chi connectivity index (χ1) is 17.3. The Bertz CT molecular complexity index is 857. The molecule has 0 spiro atoms. The van der Waals surface area contributed by atoms with Crippen molar-refractivity contribution in [3.05, 3.63) is 71.8 Å². The summed E-state index contributed by atoms with van der Waals surface area (Å²) in [5, 5.41) is 2.45. The lowest BCUT2D eigenvalue weighted by Gasteiger charge is -2.43. The molecule has 1 heterocycles. The molecule has 1 amide bonds. The smallest absolute Gasteiger partial charge is 0.369 e. The van der Waals surface area contributed by atoms with Crippen molar-refractivity contribution < 1.29 is 18.0 Å². The number of likely N-dealkylation sites (tertiary alicyclic amines) is 1. The van der Waals surface area contributed by atoms with Crippen LogP contribution < -0.4 is 11.1 Å². The van der Waals surface area contributed by atoms with Gasteiger partial charge in [0.2, 0.25) is 5.91 Å². The quantitative estimate of drug-likeness (QED) is 0.327. The van der Waals surface area contributed by atoms with Crippen molar-refractivity contribution in [2.75, 3.05) is 32.7 Å². The molecule has 2 aromatic carbocycles. The van der Waals surface area contributed by atoms with Gasteiger partial charge >= 0.3 is 6.18 Å². The zero-order chi connectivity index (χ0) is 25.9. The second-order valence-corrected chi connectivity index (χ2v) is 9.93. The van der Waals surface area contributed by atoms with Crippen LogP contribution in [0.1, 0.15) is 62.5 Å². The molecular formula is C29H40F3N3O. The number of halogens is 3. The SMILES string of the molecule is NC(=O)C(c1ccccc1)(c1ccccc1)C1CCN(CCCCCCCCNCC(F)(F)F)CC1. The molecule has 0 radical (unpaired) electrons. The highest BCUT2D eigenvalue weighted by molar-refractivity contribution is 5.91. The molecule has 3 rings (SSSR count). The van der Waals surface area contributed by atoms with E-state index >= 15 is 0 Å². The van der Waals surface area contributed by atoms with E-state index in [-0.39, 0.29) is 11.8 Å². The fourth-order valence-corrected chi connectivity index (χ4v) is 5.64.